The molecule has 0 aromatic carbocycles. The fourth-order valence-electron chi connectivity index (χ4n) is 1.91. The van der Waals surface area contributed by atoms with Crippen molar-refractivity contribution in [3.05, 3.63) is 0 Å². The van der Waals surface area contributed by atoms with E-state index in [-0.39, 0.29) is 23.9 Å². The van der Waals surface area contributed by atoms with Crippen molar-refractivity contribution in [3.8, 4) is 12.3 Å². The van der Waals surface area contributed by atoms with Gasteiger partial charge in [-0.25, -0.2) is 4.79 Å². The first kappa shape index (κ1) is 18.3. The van der Waals surface area contributed by atoms with E-state index in [0.29, 0.717) is 19.4 Å². The molecule has 2 amide bonds. The van der Waals surface area contributed by atoms with Crippen molar-refractivity contribution in [3.63, 3.8) is 0 Å². The zero-order valence-corrected chi connectivity index (χ0v) is 12.7. The van der Waals surface area contributed by atoms with Crippen LogP contribution in [0, 0.1) is 17.8 Å². The average Bonchev–Trinajstić information content (AvgIpc) is 2.25. The van der Waals surface area contributed by atoms with Gasteiger partial charge in [-0.05, 0) is 24.7 Å². The summed E-state index contributed by atoms with van der Waals surface area (Å²) < 4.78 is 0. The number of amides is 2. The minimum atomic E-state index is -0.909. The lowest BCUT2D eigenvalue weighted by atomic mass is 9.87. The highest BCUT2D eigenvalue weighted by Crippen LogP contribution is 2.22. The SMILES string of the molecule is C#CCCCCNC(=O)NC(CC(=O)O)CC(C)(C)C. The van der Waals surface area contributed by atoms with Gasteiger partial charge in [0.25, 0.3) is 0 Å². The van der Waals surface area contributed by atoms with Crippen LogP contribution < -0.4 is 10.6 Å². The van der Waals surface area contributed by atoms with Crippen LogP contribution in [0.2, 0.25) is 0 Å². The maximum Gasteiger partial charge on any atom is 0.315 e. The van der Waals surface area contributed by atoms with Crippen molar-refractivity contribution >= 4 is 12.0 Å². The Bertz CT molecular complexity index is 353. The number of terminal acetylenes is 1. The van der Waals surface area contributed by atoms with Crippen LogP contribution >= 0.6 is 0 Å². The van der Waals surface area contributed by atoms with E-state index in [4.69, 9.17) is 11.5 Å². The summed E-state index contributed by atoms with van der Waals surface area (Å²) in [5.41, 5.74) is -0.0415. The Morgan fingerprint density at radius 1 is 1.30 bits per heavy atom. The predicted molar refractivity (Wildman–Crippen MR) is 79.3 cm³/mol. The van der Waals surface area contributed by atoms with Crippen molar-refractivity contribution < 1.29 is 14.7 Å². The number of carboxylic acids is 1. The summed E-state index contributed by atoms with van der Waals surface area (Å²) >= 11 is 0. The number of urea groups is 1. The predicted octanol–water partition coefficient (Wildman–Crippen LogP) is 2.37. The van der Waals surface area contributed by atoms with Crippen LogP contribution in [0.3, 0.4) is 0 Å². The number of hydrogen-bond donors (Lipinski definition) is 3. The Labute approximate surface area is 121 Å². The van der Waals surface area contributed by atoms with Crippen molar-refractivity contribution in [1.82, 2.24) is 10.6 Å². The topological polar surface area (TPSA) is 78.4 Å². The van der Waals surface area contributed by atoms with E-state index in [0.717, 1.165) is 12.8 Å². The number of rotatable bonds is 8. The van der Waals surface area contributed by atoms with Gasteiger partial charge >= 0.3 is 12.0 Å². The zero-order valence-electron chi connectivity index (χ0n) is 12.7. The van der Waals surface area contributed by atoms with Gasteiger partial charge in [0, 0.05) is 19.0 Å². The van der Waals surface area contributed by atoms with Gasteiger partial charge in [-0.1, -0.05) is 20.8 Å². The first-order chi connectivity index (χ1) is 9.24. The lowest BCUT2D eigenvalue weighted by molar-refractivity contribution is -0.137. The Kier molecular flexibility index (Phi) is 8.46. The van der Waals surface area contributed by atoms with Gasteiger partial charge in [-0.3, -0.25) is 4.79 Å². The van der Waals surface area contributed by atoms with Gasteiger partial charge in [-0.2, -0.15) is 0 Å². The normalized spacial score (nSPS) is 12.3. The minimum absolute atomic E-state index is 0.0415. The van der Waals surface area contributed by atoms with Crippen LogP contribution in [-0.4, -0.2) is 29.7 Å². The van der Waals surface area contributed by atoms with Crippen molar-refractivity contribution in [2.45, 2.75) is 58.9 Å². The summed E-state index contributed by atoms with van der Waals surface area (Å²) in [7, 11) is 0. The van der Waals surface area contributed by atoms with Gasteiger partial charge < -0.3 is 15.7 Å². The quantitative estimate of drug-likeness (QED) is 0.472. The largest absolute Gasteiger partial charge is 0.481 e. The summed E-state index contributed by atoms with van der Waals surface area (Å²) in [5, 5.41) is 14.3. The van der Waals surface area contributed by atoms with E-state index in [1.807, 2.05) is 20.8 Å². The molecule has 0 saturated carbocycles. The molecule has 0 fully saturated rings. The fourth-order valence-corrected chi connectivity index (χ4v) is 1.91. The molecule has 0 heterocycles. The van der Waals surface area contributed by atoms with Crippen molar-refractivity contribution in [2.75, 3.05) is 6.54 Å². The van der Waals surface area contributed by atoms with E-state index < -0.39 is 5.97 Å². The molecule has 0 aromatic heterocycles. The van der Waals surface area contributed by atoms with Gasteiger partial charge in [0.15, 0.2) is 0 Å². The number of aliphatic carboxylic acids is 1. The Hall–Kier alpha value is -1.70. The average molecular weight is 282 g/mol. The van der Waals surface area contributed by atoms with Crippen molar-refractivity contribution in [1.29, 1.82) is 0 Å². The highest BCUT2D eigenvalue weighted by molar-refractivity contribution is 5.75. The second-order valence-corrected chi connectivity index (χ2v) is 6.12. The van der Waals surface area contributed by atoms with E-state index >= 15 is 0 Å². The molecule has 0 radical (unpaired) electrons. The summed E-state index contributed by atoms with van der Waals surface area (Å²) in [6.07, 6.45) is 8.08. The summed E-state index contributed by atoms with van der Waals surface area (Å²) in [5.74, 6) is 1.63. The molecule has 0 spiro atoms. The van der Waals surface area contributed by atoms with Crippen LogP contribution in [-0.2, 0) is 4.79 Å². The molecule has 0 bridgehead atoms. The number of carbonyl (C=O) groups excluding carboxylic acids is 1. The van der Waals surface area contributed by atoms with E-state index in [2.05, 4.69) is 16.6 Å². The highest BCUT2D eigenvalue weighted by Gasteiger charge is 2.22. The first-order valence-electron chi connectivity index (χ1n) is 6.94. The molecule has 1 unspecified atom stereocenters. The Morgan fingerprint density at radius 2 is 1.95 bits per heavy atom. The molecule has 0 rings (SSSR count). The molecule has 0 aromatic rings. The summed E-state index contributed by atoms with van der Waals surface area (Å²) in [6, 6.07) is -0.681. The number of carboxylic acid groups (broad SMARTS) is 1. The third-order valence-electron chi connectivity index (χ3n) is 2.65. The monoisotopic (exact) mass is 282 g/mol. The molecule has 0 aliphatic rings. The maximum atomic E-state index is 11.7. The molecule has 0 aliphatic heterocycles. The number of hydrogen-bond acceptors (Lipinski definition) is 2. The fraction of sp³-hybridized carbons (Fsp3) is 0.733. The van der Waals surface area contributed by atoms with Crippen molar-refractivity contribution in [2.24, 2.45) is 5.41 Å². The molecule has 0 aliphatic carbocycles. The van der Waals surface area contributed by atoms with Gasteiger partial charge in [-0.15, -0.1) is 12.3 Å². The molecule has 0 saturated heterocycles. The molecule has 3 N–H and O–H groups in total. The zero-order chi connectivity index (χ0) is 15.6. The first-order valence-corrected chi connectivity index (χ1v) is 6.94. The molecule has 20 heavy (non-hydrogen) atoms. The highest BCUT2D eigenvalue weighted by atomic mass is 16.4. The summed E-state index contributed by atoms with van der Waals surface area (Å²) in [4.78, 5) is 22.5. The minimum Gasteiger partial charge on any atom is -0.481 e. The molecule has 5 nitrogen and oxygen atoms in total. The van der Waals surface area contributed by atoms with Gasteiger partial charge in [0.1, 0.15) is 0 Å². The molecular formula is C15H26N2O3. The molecule has 1 atom stereocenters. The Balaban J connectivity index is 4.12. The number of carbonyl (C=O) groups is 2. The van der Waals surface area contributed by atoms with Crippen LogP contribution in [0.5, 0.6) is 0 Å². The van der Waals surface area contributed by atoms with Crippen LogP contribution in [0.1, 0.15) is 52.9 Å². The molecular weight excluding hydrogens is 256 g/mol. The number of nitrogens with one attached hydrogen (secondary N) is 2. The van der Waals surface area contributed by atoms with Gasteiger partial charge in [0.05, 0.1) is 6.42 Å². The van der Waals surface area contributed by atoms with Gasteiger partial charge in [0.2, 0.25) is 0 Å². The smallest absolute Gasteiger partial charge is 0.315 e. The second-order valence-electron chi connectivity index (χ2n) is 6.12. The lowest BCUT2D eigenvalue weighted by Crippen LogP contribution is -2.44. The third kappa shape index (κ3) is 11.4. The Morgan fingerprint density at radius 3 is 2.45 bits per heavy atom. The second kappa shape index (κ2) is 9.24. The van der Waals surface area contributed by atoms with E-state index in [1.165, 1.54) is 0 Å². The van der Waals surface area contributed by atoms with Crippen LogP contribution in [0.4, 0.5) is 4.79 Å². The van der Waals surface area contributed by atoms with Crippen LogP contribution in [0.15, 0.2) is 0 Å². The maximum absolute atomic E-state index is 11.7. The summed E-state index contributed by atoms with van der Waals surface area (Å²) in [6.45, 7) is 6.59. The molecule has 114 valence electrons. The number of unbranched alkanes of at least 4 members (excludes halogenated alkanes) is 2. The molecule has 5 heteroatoms. The van der Waals surface area contributed by atoms with E-state index in [1.54, 1.807) is 0 Å². The van der Waals surface area contributed by atoms with Crippen LogP contribution in [0.25, 0.3) is 0 Å². The lowest BCUT2D eigenvalue weighted by Gasteiger charge is -2.25. The standard InChI is InChI=1S/C15H26N2O3/c1-5-6-7-8-9-16-14(20)17-12(10-13(18)19)11-15(2,3)4/h1,12H,6-11H2,2-4H3,(H,18,19)(H2,16,17,20). The third-order valence-corrected chi connectivity index (χ3v) is 2.65. The van der Waals surface area contributed by atoms with E-state index in [9.17, 15) is 9.59 Å².